The van der Waals surface area contributed by atoms with Crippen LogP contribution in [0.5, 0.6) is 0 Å². The van der Waals surface area contributed by atoms with Crippen molar-refractivity contribution >= 4 is 17.2 Å². The first-order valence-electron chi connectivity index (χ1n) is 5.32. The van der Waals surface area contributed by atoms with Gasteiger partial charge in [0.1, 0.15) is 5.60 Å². The van der Waals surface area contributed by atoms with Crippen LogP contribution in [0.15, 0.2) is 6.07 Å². The summed E-state index contributed by atoms with van der Waals surface area (Å²) < 4.78 is 0. The van der Waals surface area contributed by atoms with Gasteiger partial charge in [-0.25, -0.2) is 0 Å². The van der Waals surface area contributed by atoms with Crippen LogP contribution in [0, 0.1) is 13.8 Å². The first-order valence-corrected chi connectivity index (χ1v) is 6.13. The zero-order valence-electron chi connectivity index (χ0n) is 10.4. The van der Waals surface area contributed by atoms with Gasteiger partial charge in [0.2, 0.25) is 0 Å². The van der Waals surface area contributed by atoms with Crippen LogP contribution in [0.3, 0.4) is 0 Å². The number of carbonyl (C=O) groups is 1. The van der Waals surface area contributed by atoms with E-state index in [9.17, 15) is 9.90 Å². The number of amides is 1. The summed E-state index contributed by atoms with van der Waals surface area (Å²) in [6.07, 6.45) is 0. The lowest BCUT2D eigenvalue weighted by Gasteiger charge is -2.21. The lowest BCUT2D eigenvalue weighted by molar-refractivity contribution is -0.137. The highest BCUT2D eigenvalue weighted by molar-refractivity contribution is 7.12. The zero-order chi connectivity index (χ0) is 12.5. The zero-order valence-corrected chi connectivity index (χ0v) is 11.2. The summed E-state index contributed by atoms with van der Waals surface area (Å²) in [4.78, 5) is 14.1. The number of aliphatic hydroxyl groups is 1. The molecule has 3 nitrogen and oxygen atoms in total. The van der Waals surface area contributed by atoms with Crippen LogP contribution in [0.4, 0.5) is 0 Å². The minimum Gasteiger partial charge on any atom is -0.381 e. The Labute approximate surface area is 100 Å². The molecule has 0 aliphatic rings. The fraction of sp³-hybridized carbons (Fsp3) is 0.583. The van der Waals surface area contributed by atoms with Crippen molar-refractivity contribution in [2.45, 2.75) is 46.3 Å². The molecule has 4 heteroatoms. The van der Waals surface area contributed by atoms with E-state index in [0.717, 1.165) is 5.56 Å². The Bertz CT molecular complexity index is 390. The molecule has 1 unspecified atom stereocenters. The highest BCUT2D eigenvalue weighted by atomic mass is 32.1. The SMILES string of the molecule is Cc1cc(C(C)NC(=O)C(C)(C)O)c(C)s1. The molecule has 0 fully saturated rings. The van der Waals surface area contributed by atoms with Gasteiger partial charge in [0.05, 0.1) is 6.04 Å². The van der Waals surface area contributed by atoms with Crippen LogP contribution in [-0.4, -0.2) is 16.6 Å². The largest absolute Gasteiger partial charge is 0.381 e. The van der Waals surface area contributed by atoms with Crippen molar-refractivity contribution in [2.75, 3.05) is 0 Å². The van der Waals surface area contributed by atoms with E-state index in [2.05, 4.69) is 11.4 Å². The minimum atomic E-state index is -1.33. The molecule has 90 valence electrons. The van der Waals surface area contributed by atoms with Gasteiger partial charge in [-0.05, 0) is 46.2 Å². The smallest absolute Gasteiger partial charge is 0.251 e. The molecule has 2 N–H and O–H groups in total. The second-order valence-corrected chi connectivity index (χ2v) is 6.08. The number of thiophene rings is 1. The topological polar surface area (TPSA) is 49.3 Å². The monoisotopic (exact) mass is 241 g/mol. The highest BCUT2D eigenvalue weighted by Crippen LogP contribution is 2.26. The van der Waals surface area contributed by atoms with Crippen LogP contribution < -0.4 is 5.32 Å². The first kappa shape index (κ1) is 13.2. The maximum absolute atomic E-state index is 11.6. The highest BCUT2D eigenvalue weighted by Gasteiger charge is 2.25. The van der Waals surface area contributed by atoms with Crippen LogP contribution >= 0.6 is 11.3 Å². The average molecular weight is 241 g/mol. The summed E-state index contributed by atoms with van der Waals surface area (Å²) >= 11 is 1.72. The van der Waals surface area contributed by atoms with Crippen LogP contribution in [0.2, 0.25) is 0 Å². The van der Waals surface area contributed by atoms with Gasteiger partial charge in [0.25, 0.3) is 5.91 Å². The lowest BCUT2D eigenvalue weighted by atomic mass is 10.1. The molecule has 0 bridgehead atoms. The maximum atomic E-state index is 11.6. The molecule has 16 heavy (non-hydrogen) atoms. The molecule has 1 heterocycles. The molecule has 0 spiro atoms. The Hall–Kier alpha value is -0.870. The normalized spacial score (nSPS) is 13.6. The molecule has 0 saturated carbocycles. The number of hydrogen-bond acceptors (Lipinski definition) is 3. The summed E-state index contributed by atoms with van der Waals surface area (Å²) in [5.41, 5.74) is -0.201. The molecular weight excluding hydrogens is 222 g/mol. The van der Waals surface area contributed by atoms with E-state index in [1.165, 1.54) is 23.6 Å². The summed E-state index contributed by atoms with van der Waals surface area (Å²) in [5, 5.41) is 12.4. The molecule has 0 aliphatic carbocycles. The van der Waals surface area contributed by atoms with Gasteiger partial charge in [0.15, 0.2) is 0 Å². The Morgan fingerprint density at radius 2 is 2.06 bits per heavy atom. The molecule has 1 amide bonds. The molecule has 1 atom stereocenters. The predicted octanol–water partition coefficient (Wildman–Crippen LogP) is 2.31. The second-order valence-electron chi connectivity index (χ2n) is 4.62. The fourth-order valence-corrected chi connectivity index (χ4v) is 2.55. The molecule has 0 saturated heterocycles. The van der Waals surface area contributed by atoms with Crippen LogP contribution in [0.1, 0.15) is 42.1 Å². The van der Waals surface area contributed by atoms with E-state index in [1.54, 1.807) is 11.3 Å². The van der Waals surface area contributed by atoms with Crippen molar-refractivity contribution in [3.05, 3.63) is 21.4 Å². The average Bonchev–Trinajstić information content (AvgIpc) is 2.43. The van der Waals surface area contributed by atoms with Gasteiger partial charge in [-0.3, -0.25) is 4.79 Å². The standard InChI is InChI=1S/C12H19NO2S/c1-7-6-10(9(3)16-7)8(2)13-11(14)12(4,5)15/h6,8,15H,1-5H3,(H,13,14). The van der Waals surface area contributed by atoms with Gasteiger partial charge in [0, 0.05) is 9.75 Å². The summed E-state index contributed by atoms with van der Waals surface area (Å²) in [5.74, 6) is -0.344. The van der Waals surface area contributed by atoms with Crippen molar-refractivity contribution in [2.24, 2.45) is 0 Å². The quantitative estimate of drug-likeness (QED) is 0.853. The van der Waals surface area contributed by atoms with Crippen molar-refractivity contribution in [3.63, 3.8) is 0 Å². The molecule has 1 aromatic rings. The molecule has 1 aromatic heterocycles. The van der Waals surface area contributed by atoms with Crippen molar-refractivity contribution < 1.29 is 9.90 Å². The Kier molecular flexibility index (Phi) is 3.76. The Balaban J connectivity index is 2.77. The third-order valence-electron chi connectivity index (χ3n) is 2.45. The summed E-state index contributed by atoms with van der Waals surface area (Å²) in [6, 6.07) is 2.01. The third-order valence-corrected chi connectivity index (χ3v) is 3.43. The minimum absolute atomic E-state index is 0.0659. The first-order chi connectivity index (χ1) is 7.21. The number of nitrogens with one attached hydrogen (secondary N) is 1. The molecular formula is C12H19NO2S. The van der Waals surface area contributed by atoms with E-state index in [0.29, 0.717) is 0 Å². The molecule has 0 aliphatic heterocycles. The van der Waals surface area contributed by atoms with Gasteiger partial charge < -0.3 is 10.4 Å². The van der Waals surface area contributed by atoms with Gasteiger partial charge in [-0.2, -0.15) is 0 Å². The van der Waals surface area contributed by atoms with E-state index in [1.807, 2.05) is 20.8 Å². The van der Waals surface area contributed by atoms with E-state index < -0.39 is 5.60 Å². The number of hydrogen-bond donors (Lipinski definition) is 2. The predicted molar refractivity (Wildman–Crippen MR) is 66.6 cm³/mol. The summed E-state index contributed by atoms with van der Waals surface area (Å²) in [7, 11) is 0. The van der Waals surface area contributed by atoms with E-state index in [4.69, 9.17) is 0 Å². The molecule has 0 radical (unpaired) electrons. The van der Waals surface area contributed by atoms with Crippen molar-refractivity contribution in [1.82, 2.24) is 5.32 Å². The van der Waals surface area contributed by atoms with E-state index >= 15 is 0 Å². The number of aryl methyl sites for hydroxylation is 2. The summed E-state index contributed by atoms with van der Waals surface area (Å²) in [6.45, 7) is 8.99. The van der Waals surface area contributed by atoms with Gasteiger partial charge >= 0.3 is 0 Å². The van der Waals surface area contributed by atoms with Crippen LogP contribution in [-0.2, 0) is 4.79 Å². The number of rotatable bonds is 3. The van der Waals surface area contributed by atoms with Gasteiger partial charge in [-0.1, -0.05) is 0 Å². The Morgan fingerprint density at radius 1 is 1.50 bits per heavy atom. The van der Waals surface area contributed by atoms with E-state index in [-0.39, 0.29) is 11.9 Å². The lowest BCUT2D eigenvalue weighted by Crippen LogP contribution is -2.43. The maximum Gasteiger partial charge on any atom is 0.251 e. The second kappa shape index (κ2) is 4.55. The fourth-order valence-electron chi connectivity index (χ4n) is 1.53. The van der Waals surface area contributed by atoms with Gasteiger partial charge in [-0.15, -0.1) is 11.3 Å². The van der Waals surface area contributed by atoms with Crippen molar-refractivity contribution in [3.8, 4) is 0 Å². The molecule has 0 aromatic carbocycles. The molecule has 1 rings (SSSR count). The van der Waals surface area contributed by atoms with Crippen LogP contribution in [0.25, 0.3) is 0 Å². The number of carbonyl (C=O) groups excluding carboxylic acids is 1. The Morgan fingerprint density at radius 3 is 2.44 bits per heavy atom. The third kappa shape index (κ3) is 3.06. The van der Waals surface area contributed by atoms with Crippen molar-refractivity contribution in [1.29, 1.82) is 0 Å².